The summed E-state index contributed by atoms with van der Waals surface area (Å²) >= 11 is 0. The first-order valence-corrected chi connectivity index (χ1v) is 19.3. The maximum absolute atomic E-state index is 14.1. The van der Waals surface area contributed by atoms with E-state index in [1.54, 1.807) is 36.5 Å². The van der Waals surface area contributed by atoms with Crippen molar-refractivity contribution < 1.29 is 16.8 Å². The van der Waals surface area contributed by atoms with E-state index in [2.05, 4.69) is 21.7 Å². The van der Waals surface area contributed by atoms with E-state index >= 15 is 0 Å². The highest BCUT2D eigenvalue weighted by molar-refractivity contribution is 7.92. The highest BCUT2D eigenvalue weighted by Gasteiger charge is 2.29. The van der Waals surface area contributed by atoms with Gasteiger partial charge in [0.05, 0.1) is 16.4 Å². The molecule has 11 nitrogen and oxygen atoms in total. The minimum Gasteiger partial charge on any atom is -0.324 e. The number of aromatic nitrogens is 3. The molecule has 1 aliphatic carbocycles. The van der Waals surface area contributed by atoms with Crippen LogP contribution in [0.15, 0.2) is 76.6 Å². The van der Waals surface area contributed by atoms with Gasteiger partial charge in [-0.05, 0) is 72.8 Å². The molecule has 248 valence electrons. The topological polar surface area (TPSA) is 143 Å². The average molecular weight is 677 g/mol. The van der Waals surface area contributed by atoms with Crippen molar-refractivity contribution in [1.82, 2.24) is 24.2 Å². The lowest BCUT2D eigenvalue weighted by Gasteiger charge is -2.22. The molecule has 1 aliphatic heterocycles. The van der Waals surface area contributed by atoms with Gasteiger partial charge < -0.3 is 10.6 Å². The number of rotatable bonds is 10. The van der Waals surface area contributed by atoms with Crippen molar-refractivity contribution in [1.29, 1.82) is 0 Å². The first kappa shape index (κ1) is 33.0. The quantitative estimate of drug-likeness (QED) is 0.247. The highest BCUT2D eigenvalue weighted by atomic mass is 32.2. The Hall–Kier alpha value is -3.91. The molecule has 0 amide bonds. The van der Waals surface area contributed by atoms with E-state index in [4.69, 9.17) is 4.98 Å². The summed E-state index contributed by atoms with van der Waals surface area (Å²) in [5.41, 5.74) is 3.91. The Bertz CT molecular complexity index is 2090. The molecule has 0 atom stereocenters. The molecule has 6 rings (SSSR count). The number of likely N-dealkylation sites (N-methyl/N-ethyl adjacent to an activating group) is 1. The Balaban J connectivity index is 1.37. The van der Waals surface area contributed by atoms with Crippen molar-refractivity contribution in [2.75, 3.05) is 38.3 Å². The molecule has 3 heterocycles. The van der Waals surface area contributed by atoms with Crippen molar-refractivity contribution in [3.63, 3.8) is 0 Å². The van der Waals surface area contributed by atoms with Gasteiger partial charge in [-0.15, -0.1) is 0 Å². The molecule has 0 saturated heterocycles. The van der Waals surface area contributed by atoms with Gasteiger partial charge >= 0.3 is 0 Å². The van der Waals surface area contributed by atoms with Crippen LogP contribution in [0.1, 0.15) is 44.1 Å². The van der Waals surface area contributed by atoms with E-state index in [1.807, 2.05) is 24.3 Å². The smallest absolute Gasteiger partial charge is 0.260 e. The van der Waals surface area contributed by atoms with Crippen LogP contribution in [0.3, 0.4) is 0 Å². The second-order valence-electron chi connectivity index (χ2n) is 12.3. The van der Waals surface area contributed by atoms with Crippen LogP contribution in [0.4, 0.5) is 11.6 Å². The number of fused-ring (bicyclic) bond motifs is 1. The molecule has 4 aromatic rings. The van der Waals surface area contributed by atoms with Crippen LogP contribution < -0.4 is 16.2 Å². The molecule has 0 spiro atoms. The maximum atomic E-state index is 14.1. The summed E-state index contributed by atoms with van der Waals surface area (Å²) in [4.78, 5) is 23.5. The van der Waals surface area contributed by atoms with Crippen LogP contribution >= 0.6 is 0 Å². The Morgan fingerprint density at radius 2 is 1.77 bits per heavy atom. The molecular formula is C34H40N6O5S2. The monoisotopic (exact) mass is 676 g/mol. The van der Waals surface area contributed by atoms with Crippen LogP contribution in [0, 0.1) is 0 Å². The summed E-state index contributed by atoms with van der Waals surface area (Å²) in [6, 6.07) is 16.2. The Morgan fingerprint density at radius 1 is 1.00 bits per heavy atom. The highest BCUT2D eigenvalue weighted by Crippen LogP contribution is 2.31. The Morgan fingerprint density at radius 3 is 2.47 bits per heavy atom. The maximum Gasteiger partial charge on any atom is 0.260 e. The average Bonchev–Trinajstić information content (AvgIpc) is 3.08. The summed E-state index contributed by atoms with van der Waals surface area (Å²) in [5.74, 6) is 0.282. The molecule has 13 heteroatoms. The van der Waals surface area contributed by atoms with Crippen molar-refractivity contribution in [2.45, 2.75) is 55.2 Å². The number of nitrogens with zero attached hydrogens (tertiary/aromatic N) is 4. The lowest BCUT2D eigenvalue weighted by atomic mass is 10.0. The van der Waals surface area contributed by atoms with Crippen molar-refractivity contribution >= 4 is 48.1 Å². The predicted octanol–water partition coefficient (Wildman–Crippen LogP) is 4.58. The van der Waals surface area contributed by atoms with E-state index < -0.39 is 30.7 Å². The van der Waals surface area contributed by atoms with E-state index in [9.17, 15) is 21.6 Å². The van der Waals surface area contributed by atoms with Gasteiger partial charge in [-0.2, -0.15) is 4.98 Å². The predicted molar refractivity (Wildman–Crippen MR) is 186 cm³/mol. The number of nitrogens with one attached hydrogen (secondary N) is 2. The Kier molecular flexibility index (Phi) is 9.60. The molecule has 2 N–H and O–H groups in total. The summed E-state index contributed by atoms with van der Waals surface area (Å²) < 4.78 is 54.0. The lowest BCUT2D eigenvalue weighted by molar-refractivity contribution is 0.449. The number of pyridine rings is 1. The molecule has 1 fully saturated rings. The third-order valence-corrected chi connectivity index (χ3v) is 12.6. The molecule has 0 unspecified atom stereocenters. The van der Waals surface area contributed by atoms with Crippen molar-refractivity contribution in [3.8, 4) is 11.1 Å². The van der Waals surface area contributed by atoms with Gasteiger partial charge in [-0.3, -0.25) is 9.36 Å². The molecule has 47 heavy (non-hydrogen) atoms. The summed E-state index contributed by atoms with van der Waals surface area (Å²) in [5, 5.41) is 6.67. The van der Waals surface area contributed by atoms with Gasteiger partial charge in [-0.25, -0.2) is 26.1 Å². The standard InChI is InChI=1S/C34H40N6O5S2/c1-39(46(2,42)43)19-20-40-32-27(23-36-34(38-32)37-28-13-11-24(12-14-28)25-15-17-35-18-16-25)22-31(33(40)41)26-7-6-10-30(21-26)47(44,45)29-8-4-3-5-9-29/h6-7,10-15,21-23,29,35H,3-5,8-9,16-20H2,1-2H3,(H,36,37,38). The minimum atomic E-state index is -3.56. The van der Waals surface area contributed by atoms with E-state index in [0.717, 1.165) is 56.3 Å². The minimum absolute atomic E-state index is 0.0297. The second-order valence-corrected chi connectivity index (χ2v) is 16.6. The molecule has 0 radical (unpaired) electrons. The van der Waals surface area contributed by atoms with Crippen LogP contribution in [0.5, 0.6) is 0 Å². The molecule has 2 aliphatic rings. The van der Waals surface area contributed by atoms with Crippen LogP contribution in [0.25, 0.3) is 27.7 Å². The zero-order valence-corrected chi connectivity index (χ0v) is 28.3. The number of sulfonamides is 1. The SMILES string of the molecule is CN(CCn1c(=O)c(-c2cccc(S(=O)(=O)C3CCCCC3)c2)cc2cnc(Nc3ccc(C4=CCNCC4)cc3)nc21)S(C)(=O)=O. The van der Waals surface area contributed by atoms with Gasteiger partial charge in [0.2, 0.25) is 16.0 Å². The zero-order chi connectivity index (χ0) is 33.2. The van der Waals surface area contributed by atoms with Gasteiger partial charge in [0.1, 0.15) is 5.65 Å². The first-order chi connectivity index (χ1) is 22.5. The molecule has 0 bridgehead atoms. The number of hydrogen-bond donors (Lipinski definition) is 2. The van der Waals surface area contributed by atoms with E-state index in [-0.39, 0.29) is 29.5 Å². The fraction of sp³-hybridized carbons (Fsp3) is 0.382. The van der Waals surface area contributed by atoms with E-state index in [1.165, 1.54) is 21.5 Å². The van der Waals surface area contributed by atoms with Crippen LogP contribution in [-0.2, 0) is 26.4 Å². The second kappa shape index (κ2) is 13.7. The molecule has 1 saturated carbocycles. The molecular weight excluding hydrogens is 637 g/mol. The Labute approximate surface area is 275 Å². The third-order valence-electron chi connectivity index (χ3n) is 9.07. The number of anilines is 2. The summed E-state index contributed by atoms with van der Waals surface area (Å²) in [6.07, 6.45) is 9.97. The first-order valence-electron chi connectivity index (χ1n) is 15.9. The summed E-state index contributed by atoms with van der Waals surface area (Å²) in [6.45, 7) is 1.87. The van der Waals surface area contributed by atoms with Crippen LogP contribution in [0.2, 0.25) is 0 Å². The molecule has 2 aromatic carbocycles. The normalized spacial score (nSPS) is 16.4. The lowest BCUT2D eigenvalue weighted by Crippen LogP contribution is -2.33. The number of benzene rings is 2. The van der Waals surface area contributed by atoms with E-state index in [0.29, 0.717) is 29.4 Å². The number of sulfone groups is 1. The fourth-order valence-electron chi connectivity index (χ4n) is 6.23. The largest absolute Gasteiger partial charge is 0.324 e. The van der Waals surface area contributed by atoms with Gasteiger partial charge in [0, 0.05) is 49.5 Å². The van der Waals surface area contributed by atoms with Gasteiger partial charge in [0.25, 0.3) is 5.56 Å². The summed E-state index contributed by atoms with van der Waals surface area (Å²) in [7, 11) is -5.60. The molecule has 2 aromatic heterocycles. The van der Waals surface area contributed by atoms with Gasteiger partial charge in [-0.1, -0.05) is 49.6 Å². The van der Waals surface area contributed by atoms with Crippen molar-refractivity contribution in [2.24, 2.45) is 0 Å². The fourth-order valence-corrected chi connectivity index (χ4v) is 8.54. The zero-order valence-electron chi connectivity index (χ0n) is 26.6. The van der Waals surface area contributed by atoms with Crippen LogP contribution in [-0.4, -0.2) is 73.9 Å². The third kappa shape index (κ3) is 7.33. The number of hydrogen-bond acceptors (Lipinski definition) is 9. The van der Waals surface area contributed by atoms with Crippen molar-refractivity contribution in [3.05, 3.63) is 82.8 Å². The van der Waals surface area contributed by atoms with Gasteiger partial charge in [0.15, 0.2) is 9.84 Å².